The van der Waals surface area contributed by atoms with Gasteiger partial charge in [-0.3, -0.25) is 0 Å². The van der Waals surface area contributed by atoms with E-state index < -0.39 is 0 Å². The molecule has 2 N–H and O–H groups in total. The van der Waals surface area contributed by atoms with Crippen molar-refractivity contribution in [1.29, 1.82) is 0 Å². The molecule has 0 aromatic rings. The quantitative estimate of drug-likeness (QED) is 0.651. The van der Waals surface area contributed by atoms with Crippen LogP contribution in [0.25, 0.3) is 0 Å². The van der Waals surface area contributed by atoms with Gasteiger partial charge in [-0.1, -0.05) is 26.0 Å². The standard InChI is InChI=1S/C12H23N/c1-9(2)11(13)10-5-7-12(3,4)8-6-10/h10-11H,1,5-8,13H2,2-4H3. The van der Waals surface area contributed by atoms with E-state index in [0.29, 0.717) is 11.3 Å². The van der Waals surface area contributed by atoms with Gasteiger partial charge in [0, 0.05) is 6.04 Å². The van der Waals surface area contributed by atoms with Gasteiger partial charge in [-0.15, -0.1) is 0 Å². The molecule has 1 saturated carbocycles. The summed E-state index contributed by atoms with van der Waals surface area (Å²) in [5.74, 6) is 0.686. The summed E-state index contributed by atoms with van der Waals surface area (Å²) in [4.78, 5) is 0. The summed E-state index contributed by atoms with van der Waals surface area (Å²) >= 11 is 0. The summed E-state index contributed by atoms with van der Waals surface area (Å²) in [6, 6.07) is 0.232. The fraction of sp³-hybridized carbons (Fsp3) is 0.833. The summed E-state index contributed by atoms with van der Waals surface area (Å²) in [6.07, 6.45) is 5.19. The van der Waals surface area contributed by atoms with Gasteiger partial charge in [0.05, 0.1) is 0 Å². The highest BCUT2D eigenvalue weighted by Crippen LogP contribution is 2.39. The largest absolute Gasteiger partial charge is 0.324 e. The van der Waals surface area contributed by atoms with Gasteiger partial charge in [-0.2, -0.15) is 0 Å². The molecular weight excluding hydrogens is 158 g/mol. The minimum Gasteiger partial charge on any atom is -0.324 e. The van der Waals surface area contributed by atoms with Crippen molar-refractivity contribution >= 4 is 0 Å². The van der Waals surface area contributed by atoms with E-state index in [1.54, 1.807) is 0 Å². The second-order valence-electron chi connectivity index (χ2n) is 5.37. The number of nitrogens with two attached hydrogens (primary N) is 1. The minimum atomic E-state index is 0.232. The van der Waals surface area contributed by atoms with Crippen LogP contribution in [0.15, 0.2) is 12.2 Å². The lowest BCUT2D eigenvalue weighted by Gasteiger charge is -2.37. The summed E-state index contributed by atoms with van der Waals surface area (Å²) in [5.41, 5.74) is 7.77. The van der Waals surface area contributed by atoms with Crippen molar-refractivity contribution in [2.45, 2.75) is 52.5 Å². The van der Waals surface area contributed by atoms with Gasteiger partial charge >= 0.3 is 0 Å². The van der Waals surface area contributed by atoms with Crippen LogP contribution in [0.3, 0.4) is 0 Å². The summed E-state index contributed by atoms with van der Waals surface area (Å²) in [7, 11) is 0. The number of rotatable bonds is 2. The van der Waals surface area contributed by atoms with Gasteiger partial charge < -0.3 is 5.73 Å². The Kier molecular flexibility index (Phi) is 3.18. The van der Waals surface area contributed by atoms with Crippen LogP contribution in [-0.4, -0.2) is 6.04 Å². The van der Waals surface area contributed by atoms with Crippen molar-refractivity contribution in [1.82, 2.24) is 0 Å². The highest BCUT2D eigenvalue weighted by molar-refractivity contribution is 5.03. The SMILES string of the molecule is C=C(C)C(N)C1CCC(C)(C)CC1. The topological polar surface area (TPSA) is 26.0 Å². The Morgan fingerprint density at radius 1 is 1.38 bits per heavy atom. The average molecular weight is 181 g/mol. The highest BCUT2D eigenvalue weighted by Gasteiger charge is 2.29. The van der Waals surface area contributed by atoms with Gasteiger partial charge in [-0.25, -0.2) is 0 Å². The van der Waals surface area contributed by atoms with E-state index in [1.165, 1.54) is 25.7 Å². The summed E-state index contributed by atoms with van der Waals surface area (Å²) < 4.78 is 0. The molecule has 0 saturated heterocycles. The third-order valence-electron chi connectivity index (χ3n) is 3.46. The zero-order valence-electron chi connectivity index (χ0n) is 9.27. The van der Waals surface area contributed by atoms with Crippen molar-refractivity contribution in [2.75, 3.05) is 0 Å². The van der Waals surface area contributed by atoms with Crippen molar-refractivity contribution in [3.8, 4) is 0 Å². The van der Waals surface area contributed by atoms with Crippen LogP contribution in [0.1, 0.15) is 46.5 Å². The van der Waals surface area contributed by atoms with Gasteiger partial charge in [0.15, 0.2) is 0 Å². The predicted octanol–water partition coefficient (Wildman–Crippen LogP) is 3.11. The van der Waals surface area contributed by atoms with Crippen molar-refractivity contribution in [3.05, 3.63) is 12.2 Å². The molecule has 0 aromatic carbocycles. The molecule has 1 nitrogen and oxygen atoms in total. The van der Waals surface area contributed by atoms with Crippen LogP contribution in [0.5, 0.6) is 0 Å². The van der Waals surface area contributed by atoms with Gasteiger partial charge in [-0.05, 0) is 43.9 Å². The van der Waals surface area contributed by atoms with E-state index >= 15 is 0 Å². The zero-order valence-corrected chi connectivity index (χ0v) is 9.27. The van der Waals surface area contributed by atoms with Crippen molar-refractivity contribution in [3.63, 3.8) is 0 Å². The fourth-order valence-electron chi connectivity index (χ4n) is 2.18. The van der Waals surface area contributed by atoms with Crippen LogP contribution in [0.4, 0.5) is 0 Å². The molecule has 76 valence electrons. The van der Waals surface area contributed by atoms with E-state index in [0.717, 1.165) is 5.57 Å². The number of hydrogen-bond acceptors (Lipinski definition) is 1. The minimum absolute atomic E-state index is 0.232. The number of hydrogen-bond donors (Lipinski definition) is 1. The second kappa shape index (κ2) is 3.83. The molecule has 1 fully saturated rings. The molecule has 0 aromatic heterocycles. The molecule has 1 aliphatic rings. The smallest absolute Gasteiger partial charge is 0.0276 e. The third kappa shape index (κ3) is 2.84. The normalized spacial score (nSPS) is 25.5. The molecule has 1 rings (SSSR count). The van der Waals surface area contributed by atoms with Gasteiger partial charge in [0.2, 0.25) is 0 Å². The Balaban J connectivity index is 2.45. The molecule has 0 heterocycles. The molecule has 0 aliphatic heterocycles. The monoisotopic (exact) mass is 181 g/mol. The lowest BCUT2D eigenvalue weighted by atomic mass is 9.70. The van der Waals surface area contributed by atoms with E-state index in [1.807, 2.05) is 6.92 Å². The Morgan fingerprint density at radius 2 is 1.85 bits per heavy atom. The maximum absolute atomic E-state index is 6.08. The summed E-state index contributed by atoms with van der Waals surface area (Å²) in [6.45, 7) is 10.7. The van der Waals surface area contributed by atoms with Crippen LogP contribution in [0, 0.1) is 11.3 Å². The fourth-order valence-corrected chi connectivity index (χ4v) is 2.18. The average Bonchev–Trinajstić information content (AvgIpc) is 2.03. The Hall–Kier alpha value is -0.300. The Bertz CT molecular complexity index is 183. The van der Waals surface area contributed by atoms with Crippen LogP contribution >= 0.6 is 0 Å². The van der Waals surface area contributed by atoms with E-state index in [2.05, 4.69) is 20.4 Å². The molecular formula is C12H23N. The van der Waals surface area contributed by atoms with Gasteiger partial charge in [0.1, 0.15) is 0 Å². The first-order chi connectivity index (χ1) is 5.92. The zero-order chi connectivity index (χ0) is 10.1. The molecule has 0 amide bonds. The van der Waals surface area contributed by atoms with Crippen LogP contribution in [-0.2, 0) is 0 Å². The second-order valence-corrected chi connectivity index (χ2v) is 5.37. The molecule has 1 atom stereocenters. The van der Waals surface area contributed by atoms with E-state index in [-0.39, 0.29) is 6.04 Å². The van der Waals surface area contributed by atoms with Crippen LogP contribution in [0.2, 0.25) is 0 Å². The summed E-state index contributed by atoms with van der Waals surface area (Å²) in [5, 5.41) is 0. The van der Waals surface area contributed by atoms with Gasteiger partial charge in [0.25, 0.3) is 0 Å². The molecule has 0 radical (unpaired) electrons. The molecule has 0 spiro atoms. The highest BCUT2D eigenvalue weighted by atomic mass is 14.7. The molecule has 1 heteroatoms. The third-order valence-corrected chi connectivity index (χ3v) is 3.46. The lowest BCUT2D eigenvalue weighted by molar-refractivity contribution is 0.180. The Morgan fingerprint density at radius 3 is 2.23 bits per heavy atom. The van der Waals surface area contributed by atoms with E-state index in [4.69, 9.17) is 5.73 Å². The lowest BCUT2D eigenvalue weighted by Crippen LogP contribution is -2.35. The molecule has 1 unspecified atom stereocenters. The predicted molar refractivity (Wildman–Crippen MR) is 58.5 cm³/mol. The molecule has 13 heavy (non-hydrogen) atoms. The maximum Gasteiger partial charge on any atom is 0.0276 e. The first-order valence-electron chi connectivity index (χ1n) is 5.33. The maximum atomic E-state index is 6.08. The van der Waals surface area contributed by atoms with E-state index in [9.17, 15) is 0 Å². The molecule has 1 aliphatic carbocycles. The van der Waals surface area contributed by atoms with Crippen LogP contribution < -0.4 is 5.73 Å². The first kappa shape index (κ1) is 10.8. The van der Waals surface area contributed by atoms with Crippen molar-refractivity contribution in [2.24, 2.45) is 17.1 Å². The van der Waals surface area contributed by atoms with Crippen molar-refractivity contribution < 1.29 is 0 Å². The first-order valence-corrected chi connectivity index (χ1v) is 5.33. The Labute approximate surface area is 82.4 Å². The molecule has 0 bridgehead atoms.